The van der Waals surface area contributed by atoms with Gasteiger partial charge in [-0.15, -0.1) is 0 Å². The van der Waals surface area contributed by atoms with E-state index in [9.17, 15) is 9.18 Å². The second-order valence-electron chi connectivity index (χ2n) is 6.53. The van der Waals surface area contributed by atoms with Gasteiger partial charge in [0.15, 0.2) is 6.40 Å². The van der Waals surface area contributed by atoms with Crippen molar-refractivity contribution < 1.29 is 18.7 Å². The Morgan fingerprint density at radius 1 is 1.41 bits per heavy atom. The summed E-state index contributed by atoms with van der Waals surface area (Å²) < 4.78 is 25.2. The molecular formula is C19H23ClFN3O3. The van der Waals surface area contributed by atoms with Gasteiger partial charge in [-0.05, 0) is 31.1 Å². The number of rotatable bonds is 5. The summed E-state index contributed by atoms with van der Waals surface area (Å²) in [5.74, 6) is -0.417. The van der Waals surface area contributed by atoms with Crippen molar-refractivity contribution in [2.24, 2.45) is 4.99 Å². The summed E-state index contributed by atoms with van der Waals surface area (Å²) in [7, 11) is 0. The van der Waals surface area contributed by atoms with Crippen LogP contribution < -0.4 is 5.32 Å². The Balaban J connectivity index is 1.78. The summed E-state index contributed by atoms with van der Waals surface area (Å²) in [5.41, 5.74) is 0.861. The van der Waals surface area contributed by atoms with Crippen molar-refractivity contribution >= 4 is 23.9 Å². The van der Waals surface area contributed by atoms with Gasteiger partial charge in [-0.25, -0.2) is 4.39 Å². The zero-order chi connectivity index (χ0) is 19.2. The molecule has 0 spiro atoms. The van der Waals surface area contributed by atoms with E-state index >= 15 is 0 Å². The fourth-order valence-corrected chi connectivity index (χ4v) is 3.52. The van der Waals surface area contributed by atoms with Crippen LogP contribution in [0.2, 0.25) is 5.02 Å². The largest absolute Gasteiger partial charge is 0.449 e. The van der Waals surface area contributed by atoms with Crippen molar-refractivity contribution in [3.63, 3.8) is 0 Å². The summed E-state index contributed by atoms with van der Waals surface area (Å²) in [5, 5.41) is 2.90. The fourth-order valence-electron chi connectivity index (χ4n) is 3.27. The van der Waals surface area contributed by atoms with E-state index in [0.717, 1.165) is 30.8 Å². The lowest BCUT2D eigenvalue weighted by Gasteiger charge is -2.33. The zero-order valence-corrected chi connectivity index (χ0v) is 16.0. The smallest absolute Gasteiger partial charge is 0.255 e. The lowest BCUT2D eigenvalue weighted by Crippen LogP contribution is -2.47. The summed E-state index contributed by atoms with van der Waals surface area (Å²) in [6.07, 6.45) is 2.32. The van der Waals surface area contributed by atoms with Crippen molar-refractivity contribution in [1.82, 2.24) is 10.2 Å². The van der Waals surface area contributed by atoms with E-state index in [4.69, 9.17) is 21.1 Å². The van der Waals surface area contributed by atoms with Crippen LogP contribution in [0.25, 0.3) is 0 Å². The SMILES string of the molecule is CC1=C(C(CNC(=O)c2c(F)cccc2Cl)N2CCCOCC2)OC=NC1. The molecule has 1 saturated heterocycles. The number of hydrogen-bond donors (Lipinski definition) is 1. The first-order valence-electron chi connectivity index (χ1n) is 8.96. The molecule has 1 aromatic rings. The summed E-state index contributed by atoms with van der Waals surface area (Å²) in [6.45, 7) is 5.65. The van der Waals surface area contributed by atoms with Gasteiger partial charge in [0.1, 0.15) is 11.6 Å². The maximum Gasteiger partial charge on any atom is 0.255 e. The van der Waals surface area contributed by atoms with Crippen LogP contribution in [0.15, 0.2) is 34.5 Å². The second-order valence-corrected chi connectivity index (χ2v) is 6.94. The molecular weight excluding hydrogens is 373 g/mol. The first-order chi connectivity index (χ1) is 13.1. The number of amides is 1. The van der Waals surface area contributed by atoms with Crippen molar-refractivity contribution in [3.8, 4) is 0 Å². The quantitative estimate of drug-likeness (QED) is 0.832. The van der Waals surface area contributed by atoms with Gasteiger partial charge >= 0.3 is 0 Å². The normalized spacial score (nSPS) is 19.4. The Labute approximate surface area is 163 Å². The van der Waals surface area contributed by atoms with Crippen LogP contribution in [0.3, 0.4) is 0 Å². The van der Waals surface area contributed by atoms with Gasteiger partial charge in [0.05, 0.1) is 29.8 Å². The number of ether oxygens (including phenoxy) is 2. The highest BCUT2D eigenvalue weighted by molar-refractivity contribution is 6.33. The highest BCUT2D eigenvalue weighted by Crippen LogP contribution is 2.22. The number of aliphatic imine (C=N–C) groups is 1. The first kappa shape index (κ1) is 19.8. The first-order valence-corrected chi connectivity index (χ1v) is 9.34. The molecule has 27 heavy (non-hydrogen) atoms. The van der Waals surface area contributed by atoms with Crippen molar-refractivity contribution in [2.75, 3.05) is 39.4 Å². The predicted octanol–water partition coefficient (Wildman–Crippen LogP) is 2.63. The number of benzene rings is 1. The molecule has 1 unspecified atom stereocenters. The number of hydrogen-bond acceptors (Lipinski definition) is 5. The molecule has 6 nitrogen and oxygen atoms in total. The van der Waals surface area contributed by atoms with Crippen LogP contribution in [0.1, 0.15) is 23.7 Å². The number of halogens is 2. The van der Waals surface area contributed by atoms with Gasteiger partial charge in [-0.2, -0.15) is 0 Å². The molecule has 146 valence electrons. The average Bonchev–Trinajstić information content (AvgIpc) is 2.92. The molecule has 1 aromatic carbocycles. The molecule has 2 aliphatic heterocycles. The van der Waals surface area contributed by atoms with E-state index < -0.39 is 11.7 Å². The maximum atomic E-state index is 14.0. The minimum Gasteiger partial charge on any atom is -0.449 e. The van der Waals surface area contributed by atoms with Crippen LogP contribution in [-0.2, 0) is 9.47 Å². The van der Waals surface area contributed by atoms with E-state index in [1.165, 1.54) is 24.6 Å². The standard InChI is InChI=1S/C19H23ClFN3O3/c1-13-10-22-12-27-18(13)16(24-6-3-8-26-9-7-24)11-23-19(25)17-14(20)4-2-5-15(17)21/h2,4-5,12,16H,3,6-11H2,1H3,(H,23,25). The van der Waals surface area contributed by atoms with E-state index in [1.54, 1.807) is 0 Å². The van der Waals surface area contributed by atoms with E-state index in [2.05, 4.69) is 15.2 Å². The molecule has 0 aromatic heterocycles. The lowest BCUT2D eigenvalue weighted by atomic mass is 10.1. The third-order valence-corrected chi connectivity index (χ3v) is 4.96. The third kappa shape index (κ3) is 4.86. The fraction of sp³-hybridized carbons (Fsp3) is 0.474. The van der Waals surface area contributed by atoms with Gasteiger partial charge in [-0.1, -0.05) is 17.7 Å². The minimum absolute atomic E-state index is 0.0867. The number of carbonyl (C=O) groups is 1. The number of nitrogens with zero attached hydrogens (tertiary/aromatic N) is 2. The zero-order valence-electron chi connectivity index (χ0n) is 15.2. The third-order valence-electron chi connectivity index (χ3n) is 4.65. The Kier molecular flexibility index (Phi) is 6.82. The monoisotopic (exact) mass is 395 g/mol. The van der Waals surface area contributed by atoms with Crippen LogP contribution in [0.5, 0.6) is 0 Å². The summed E-state index contributed by atoms with van der Waals surface area (Å²) in [4.78, 5) is 18.9. The van der Waals surface area contributed by atoms with Gasteiger partial charge in [0.25, 0.3) is 5.91 Å². The highest BCUT2D eigenvalue weighted by atomic mass is 35.5. The van der Waals surface area contributed by atoms with Gasteiger partial charge in [-0.3, -0.25) is 14.7 Å². The van der Waals surface area contributed by atoms with Gasteiger partial charge < -0.3 is 14.8 Å². The van der Waals surface area contributed by atoms with E-state index in [1.807, 2.05) is 6.92 Å². The Hall–Kier alpha value is -1.96. The van der Waals surface area contributed by atoms with Crippen molar-refractivity contribution in [2.45, 2.75) is 19.4 Å². The molecule has 1 N–H and O–H groups in total. The number of nitrogens with one attached hydrogen (secondary N) is 1. The van der Waals surface area contributed by atoms with E-state index in [-0.39, 0.29) is 23.2 Å². The minimum atomic E-state index is -0.642. The van der Waals surface area contributed by atoms with Crippen LogP contribution in [0, 0.1) is 5.82 Å². The van der Waals surface area contributed by atoms with Crippen molar-refractivity contribution in [1.29, 1.82) is 0 Å². The molecule has 8 heteroatoms. The number of carbonyl (C=O) groups excluding carboxylic acids is 1. The Bertz CT molecular complexity index is 725. The molecule has 0 aliphatic carbocycles. The molecule has 1 atom stereocenters. The van der Waals surface area contributed by atoms with Crippen LogP contribution in [-0.4, -0.2) is 62.6 Å². The second kappa shape index (κ2) is 9.30. The molecule has 1 fully saturated rings. The molecule has 3 rings (SSSR count). The van der Waals surface area contributed by atoms with Gasteiger partial charge in [0.2, 0.25) is 0 Å². The molecule has 2 heterocycles. The molecule has 0 bridgehead atoms. The average molecular weight is 396 g/mol. The molecule has 0 saturated carbocycles. The highest BCUT2D eigenvalue weighted by Gasteiger charge is 2.28. The predicted molar refractivity (Wildman–Crippen MR) is 102 cm³/mol. The lowest BCUT2D eigenvalue weighted by molar-refractivity contribution is 0.0922. The summed E-state index contributed by atoms with van der Waals surface area (Å²) in [6, 6.07) is 4.00. The topological polar surface area (TPSA) is 63.2 Å². The van der Waals surface area contributed by atoms with Crippen LogP contribution in [0.4, 0.5) is 4.39 Å². The molecule has 0 radical (unpaired) electrons. The van der Waals surface area contributed by atoms with E-state index in [0.29, 0.717) is 19.8 Å². The van der Waals surface area contributed by atoms with Crippen molar-refractivity contribution in [3.05, 3.63) is 45.9 Å². The Morgan fingerprint density at radius 2 is 2.26 bits per heavy atom. The molecule has 2 aliphatic rings. The maximum absolute atomic E-state index is 14.0. The Morgan fingerprint density at radius 3 is 3.04 bits per heavy atom. The summed E-state index contributed by atoms with van der Waals surface area (Å²) >= 11 is 6.00. The van der Waals surface area contributed by atoms with Crippen LogP contribution >= 0.6 is 11.6 Å². The molecule has 1 amide bonds. The van der Waals surface area contributed by atoms with Gasteiger partial charge in [0, 0.05) is 26.2 Å².